The highest BCUT2D eigenvalue weighted by molar-refractivity contribution is 6.10. The fourth-order valence-electron chi connectivity index (χ4n) is 2.67. The second-order valence-electron chi connectivity index (χ2n) is 5.88. The SMILES string of the molecule is CCC(Oc1ccc(OC(F)(F)F)cc1)C(=O)N1CC(=O)Nc2cccnc21. The fraction of sp³-hybridized carbons (Fsp3) is 0.278. The van der Waals surface area contributed by atoms with Gasteiger partial charge in [0.15, 0.2) is 11.9 Å². The number of benzene rings is 1. The standard InChI is InChI=1S/C18H16F3N3O4/c1-2-14(27-11-5-7-12(8-6-11)28-18(19,20)21)17(26)24-10-15(25)23-13-4-3-9-22-16(13)24/h3-9,14H,2,10H2,1H3,(H,23,25). The normalized spacial score (nSPS) is 14.7. The molecular formula is C18H16F3N3O4. The average Bonchev–Trinajstić information content (AvgIpc) is 2.65. The first-order valence-electron chi connectivity index (χ1n) is 8.35. The van der Waals surface area contributed by atoms with E-state index in [1.807, 2.05) is 0 Å². The summed E-state index contributed by atoms with van der Waals surface area (Å²) in [5, 5.41) is 2.63. The van der Waals surface area contributed by atoms with Gasteiger partial charge in [0.25, 0.3) is 5.91 Å². The quantitative estimate of drug-likeness (QED) is 0.842. The molecule has 28 heavy (non-hydrogen) atoms. The number of nitrogens with one attached hydrogen (secondary N) is 1. The number of aromatic nitrogens is 1. The number of hydrogen-bond acceptors (Lipinski definition) is 5. The van der Waals surface area contributed by atoms with Gasteiger partial charge in [0.05, 0.1) is 5.69 Å². The van der Waals surface area contributed by atoms with E-state index >= 15 is 0 Å². The maximum Gasteiger partial charge on any atom is 0.573 e. The van der Waals surface area contributed by atoms with E-state index in [1.54, 1.807) is 19.1 Å². The Morgan fingerprint density at radius 1 is 1.25 bits per heavy atom. The minimum atomic E-state index is -4.79. The van der Waals surface area contributed by atoms with Crippen LogP contribution < -0.4 is 19.7 Å². The first-order valence-corrected chi connectivity index (χ1v) is 8.35. The molecule has 1 aliphatic rings. The lowest BCUT2D eigenvalue weighted by molar-refractivity contribution is -0.274. The highest BCUT2D eigenvalue weighted by Crippen LogP contribution is 2.29. The highest BCUT2D eigenvalue weighted by atomic mass is 19.4. The van der Waals surface area contributed by atoms with Gasteiger partial charge >= 0.3 is 6.36 Å². The van der Waals surface area contributed by atoms with E-state index in [2.05, 4.69) is 15.0 Å². The van der Waals surface area contributed by atoms with Crippen molar-refractivity contribution in [1.82, 2.24) is 4.98 Å². The predicted octanol–water partition coefficient (Wildman–Crippen LogP) is 3.12. The van der Waals surface area contributed by atoms with Crippen LogP contribution in [0.15, 0.2) is 42.6 Å². The molecule has 148 valence electrons. The number of fused-ring (bicyclic) bond motifs is 1. The summed E-state index contributed by atoms with van der Waals surface area (Å²) in [6, 6.07) is 7.97. The summed E-state index contributed by atoms with van der Waals surface area (Å²) in [5.41, 5.74) is 0.413. The highest BCUT2D eigenvalue weighted by Gasteiger charge is 2.33. The Morgan fingerprint density at radius 3 is 2.57 bits per heavy atom. The Hall–Kier alpha value is -3.30. The molecule has 1 aromatic heterocycles. The summed E-state index contributed by atoms with van der Waals surface area (Å²) in [5.74, 6) is -0.740. The first-order chi connectivity index (χ1) is 13.3. The number of pyridine rings is 1. The van der Waals surface area contributed by atoms with Crippen molar-refractivity contribution in [2.24, 2.45) is 0 Å². The van der Waals surface area contributed by atoms with Crippen molar-refractivity contribution < 1.29 is 32.2 Å². The van der Waals surface area contributed by atoms with Crippen molar-refractivity contribution in [1.29, 1.82) is 0 Å². The average molecular weight is 395 g/mol. The van der Waals surface area contributed by atoms with Gasteiger partial charge in [-0.1, -0.05) is 6.92 Å². The predicted molar refractivity (Wildman–Crippen MR) is 93.1 cm³/mol. The number of amides is 2. The molecule has 0 fully saturated rings. The molecule has 0 radical (unpaired) electrons. The summed E-state index contributed by atoms with van der Waals surface area (Å²) in [7, 11) is 0. The Labute approximate surface area is 158 Å². The summed E-state index contributed by atoms with van der Waals surface area (Å²) < 4.78 is 46.1. The summed E-state index contributed by atoms with van der Waals surface area (Å²) >= 11 is 0. The van der Waals surface area contributed by atoms with Crippen LogP contribution in [-0.4, -0.2) is 35.8 Å². The Balaban J connectivity index is 1.75. The van der Waals surface area contributed by atoms with E-state index in [0.29, 0.717) is 11.5 Å². The van der Waals surface area contributed by atoms with Gasteiger partial charge in [-0.05, 0) is 42.8 Å². The number of hydrogen-bond donors (Lipinski definition) is 1. The van der Waals surface area contributed by atoms with E-state index in [9.17, 15) is 22.8 Å². The third-order valence-electron chi connectivity index (χ3n) is 3.87. The summed E-state index contributed by atoms with van der Waals surface area (Å²) in [4.78, 5) is 30.1. The molecule has 0 bridgehead atoms. The molecule has 2 aromatic rings. The molecule has 0 aliphatic carbocycles. The molecule has 2 heterocycles. The zero-order valence-electron chi connectivity index (χ0n) is 14.7. The van der Waals surface area contributed by atoms with E-state index in [-0.39, 0.29) is 24.6 Å². The van der Waals surface area contributed by atoms with Crippen molar-refractivity contribution in [2.45, 2.75) is 25.8 Å². The van der Waals surface area contributed by atoms with Crippen LogP contribution >= 0.6 is 0 Å². The van der Waals surface area contributed by atoms with Crippen LogP contribution in [-0.2, 0) is 9.59 Å². The number of carbonyl (C=O) groups excluding carboxylic acids is 2. The van der Waals surface area contributed by atoms with Gasteiger partial charge < -0.3 is 14.8 Å². The molecule has 1 aliphatic heterocycles. The maximum atomic E-state index is 12.9. The van der Waals surface area contributed by atoms with E-state index in [0.717, 1.165) is 12.1 Å². The molecule has 2 amide bonds. The van der Waals surface area contributed by atoms with Gasteiger partial charge in [-0.25, -0.2) is 4.98 Å². The molecule has 0 spiro atoms. The van der Waals surface area contributed by atoms with Crippen molar-refractivity contribution in [2.75, 3.05) is 16.8 Å². The molecule has 1 unspecified atom stereocenters. The van der Waals surface area contributed by atoms with E-state index in [4.69, 9.17) is 4.74 Å². The van der Waals surface area contributed by atoms with E-state index in [1.165, 1.54) is 23.2 Å². The molecule has 3 rings (SSSR count). The second-order valence-corrected chi connectivity index (χ2v) is 5.88. The molecule has 0 saturated heterocycles. The number of anilines is 2. The van der Waals surface area contributed by atoms with Gasteiger partial charge in [-0.3, -0.25) is 14.5 Å². The summed E-state index contributed by atoms with van der Waals surface area (Å²) in [6.07, 6.45) is -3.97. The Kier molecular flexibility index (Phi) is 5.39. The third-order valence-corrected chi connectivity index (χ3v) is 3.87. The number of carbonyl (C=O) groups is 2. The topological polar surface area (TPSA) is 80.8 Å². The second kappa shape index (κ2) is 7.75. The van der Waals surface area contributed by atoms with Crippen molar-refractivity contribution in [3.63, 3.8) is 0 Å². The van der Waals surface area contributed by atoms with Gasteiger partial charge in [-0.2, -0.15) is 0 Å². The molecule has 10 heteroatoms. The molecular weight excluding hydrogens is 379 g/mol. The summed E-state index contributed by atoms with van der Waals surface area (Å²) in [6.45, 7) is 1.51. The van der Waals surface area contributed by atoms with Gasteiger partial charge in [0, 0.05) is 6.20 Å². The Bertz CT molecular complexity index is 871. The number of rotatable bonds is 5. The lowest BCUT2D eigenvalue weighted by atomic mass is 10.2. The van der Waals surface area contributed by atoms with Crippen molar-refractivity contribution in [3.8, 4) is 11.5 Å². The molecule has 7 nitrogen and oxygen atoms in total. The Morgan fingerprint density at radius 2 is 1.93 bits per heavy atom. The number of nitrogens with zero attached hydrogens (tertiary/aromatic N) is 2. The minimum Gasteiger partial charge on any atom is -0.481 e. The van der Waals surface area contributed by atoms with E-state index < -0.39 is 24.1 Å². The van der Waals surface area contributed by atoms with Crippen LogP contribution in [0.1, 0.15) is 13.3 Å². The number of alkyl halides is 3. The van der Waals surface area contributed by atoms with Gasteiger partial charge in [0.2, 0.25) is 5.91 Å². The third kappa shape index (κ3) is 4.51. The van der Waals surface area contributed by atoms with Crippen molar-refractivity contribution >= 4 is 23.3 Å². The number of halogens is 3. The monoisotopic (exact) mass is 395 g/mol. The van der Waals surface area contributed by atoms with Gasteiger partial charge in [0.1, 0.15) is 18.0 Å². The van der Waals surface area contributed by atoms with Crippen LogP contribution in [0.5, 0.6) is 11.5 Å². The van der Waals surface area contributed by atoms with Crippen LogP contribution in [0.4, 0.5) is 24.7 Å². The zero-order chi connectivity index (χ0) is 20.3. The molecule has 1 aromatic carbocycles. The minimum absolute atomic E-state index is 0.192. The van der Waals surface area contributed by atoms with Crippen molar-refractivity contribution in [3.05, 3.63) is 42.6 Å². The molecule has 1 atom stereocenters. The largest absolute Gasteiger partial charge is 0.573 e. The smallest absolute Gasteiger partial charge is 0.481 e. The van der Waals surface area contributed by atoms with Crippen LogP contribution in [0.2, 0.25) is 0 Å². The first kappa shape index (κ1) is 19.5. The van der Waals surface area contributed by atoms with Gasteiger partial charge in [-0.15, -0.1) is 13.2 Å². The fourth-order valence-corrected chi connectivity index (χ4v) is 2.67. The number of ether oxygens (including phenoxy) is 2. The lowest BCUT2D eigenvalue weighted by Gasteiger charge is -2.30. The van der Waals surface area contributed by atoms with Crippen LogP contribution in [0.3, 0.4) is 0 Å². The van der Waals surface area contributed by atoms with Crippen LogP contribution in [0, 0.1) is 0 Å². The lowest BCUT2D eigenvalue weighted by Crippen LogP contribution is -2.48. The van der Waals surface area contributed by atoms with Crippen LogP contribution in [0.25, 0.3) is 0 Å². The molecule has 0 saturated carbocycles. The zero-order valence-corrected chi connectivity index (χ0v) is 14.7. The maximum absolute atomic E-state index is 12.9. The molecule has 1 N–H and O–H groups in total.